The van der Waals surface area contributed by atoms with Gasteiger partial charge in [0, 0.05) is 18.1 Å². The molecule has 0 bridgehead atoms. The average Bonchev–Trinajstić information content (AvgIpc) is 2.49. The molecule has 0 aliphatic rings. The lowest BCUT2D eigenvalue weighted by Crippen LogP contribution is -2.02. The van der Waals surface area contributed by atoms with Gasteiger partial charge < -0.3 is 9.67 Å². The van der Waals surface area contributed by atoms with E-state index in [-0.39, 0.29) is 6.42 Å². The van der Waals surface area contributed by atoms with E-state index in [9.17, 15) is 4.79 Å². The maximum absolute atomic E-state index is 11.0. The summed E-state index contributed by atoms with van der Waals surface area (Å²) in [7, 11) is 2.00. The molecule has 0 aliphatic carbocycles. The fraction of sp³-hybridized carbons (Fsp3) is 0.357. The van der Waals surface area contributed by atoms with Gasteiger partial charge in [-0.15, -0.1) is 0 Å². The van der Waals surface area contributed by atoms with Gasteiger partial charge in [0.25, 0.3) is 0 Å². The van der Waals surface area contributed by atoms with Gasteiger partial charge in [0.1, 0.15) is 0 Å². The summed E-state index contributed by atoms with van der Waals surface area (Å²) in [6.07, 6.45) is 0.0907. The van der Waals surface area contributed by atoms with Gasteiger partial charge in [-0.25, -0.2) is 0 Å². The Labute approximate surface area is 101 Å². The van der Waals surface area contributed by atoms with Crippen LogP contribution in [-0.4, -0.2) is 15.6 Å². The Hall–Kier alpha value is -1.77. The maximum atomic E-state index is 11.0. The molecule has 17 heavy (non-hydrogen) atoms. The van der Waals surface area contributed by atoms with Crippen molar-refractivity contribution in [3.63, 3.8) is 0 Å². The molecule has 0 radical (unpaired) electrons. The van der Waals surface area contributed by atoms with Crippen molar-refractivity contribution >= 4 is 16.9 Å². The van der Waals surface area contributed by atoms with Gasteiger partial charge in [-0.1, -0.05) is 12.1 Å². The van der Waals surface area contributed by atoms with Crippen molar-refractivity contribution in [3.8, 4) is 0 Å². The SMILES string of the molecule is Cc1ccc(C)c2c1c(CC(=O)O)c(C)n2C. The zero-order valence-electron chi connectivity index (χ0n) is 10.7. The van der Waals surface area contributed by atoms with Crippen LogP contribution < -0.4 is 0 Å². The Bertz CT molecular complexity index is 608. The van der Waals surface area contributed by atoms with E-state index in [0.717, 1.165) is 27.7 Å². The number of aryl methyl sites for hydroxylation is 3. The van der Waals surface area contributed by atoms with Crippen molar-refractivity contribution < 1.29 is 9.90 Å². The summed E-state index contributed by atoms with van der Waals surface area (Å²) in [5.41, 5.74) is 5.47. The van der Waals surface area contributed by atoms with E-state index in [1.807, 2.05) is 20.9 Å². The van der Waals surface area contributed by atoms with Gasteiger partial charge in [0.15, 0.2) is 0 Å². The molecule has 3 heteroatoms. The minimum atomic E-state index is -0.776. The van der Waals surface area contributed by atoms with Crippen molar-refractivity contribution in [1.29, 1.82) is 0 Å². The Kier molecular flexibility index (Phi) is 2.69. The molecule has 0 amide bonds. The molecule has 0 fully saturated rings. The molecule has 1 heterocycles. The lowest BCUT2D eigenvalue weighted by Gasteiger charge is -2.04. The third kappa shape index (κ3) is 1.71. The highest BCUT2D eigenvalue weighted by atomic mass is 16.4. The first-order valence-corrected chi connectivity index (χ1v) is 5.69. The minimum Gasteiger partial charge on any atom is -0.481 e. The van der Waals surface area contributed by atoms with Gasteiger partial charge in [-0.05, 0) is 37.5 Å². The number of hydrogen-bond acceptors (Lipinski definition) is 1. The second kappa shape index (κ2) is 3.91. The standard InChI is InChI=1S/C14H17NO2/c1-8-5-6-9(2)14-13(8)11(7-12(16)17)10(3)15(14)4/h5-6H,7H2,1-4H3,(H,16,17). The molecule has 2 rings (SSSR count). The van der Waals surface area contributed by atoms with E-state index >= 15 is 0 Å². The number of carboxylic acids is 1. The van der Waals surface area contributed by atoms with Crippen LogP contribution in [-0.2, 0) is 18.3 Å². The van der Waals surface area contributed by atoms with E-state index in [2.05, 4.69) is 23.6 Å². The van der Waals surface area contributed by atoms with Crippen LogP contribution in [0.25, 0.3) is 10.9 Å². The van der Waals surface area contributed by atoms with E-state index in [4.69, 9.17) is 5.11 Å². The molecule has 0 saturated carbocycles. The van der Waals surface area contributed by atoms with Crippen LogP contribution in [0.5, 0.6) is 0 Å². The summed E-state index contributed by atoms with van der Waals surface area (Å²) >= 11 is 0. The molecule has 0 saturated heterocycles. The Balaban J connectivity index is 2.88. The second-order valence-electron chi connectivity index (χ2n) is 4.62. The summed E-state index contributed by atoms with van der Waals surface area (Å²) in [5.74, 6) is -0.776. The number of aliphatic carboxylic acids is 1. The lowest BCUT2D eigenvalue weighted by molar-refractivity contribution is -0.136. The summed E-state index contributed by atoms with van der Waals surface area (Å²) in [4.78, 5) is 11.0. The predicted octanol–water partition coefficient (Wildman–Crippen LogP) is 2.73. The third-order valence-corrected chi connectivity index (χ3v) is 3.49. The molecule has 0 aliphatic heterocycles. The van der Waals surface area contributed by atoms with E-state index in [0.29, 0.717) is 0 Å². The van der Waals surface area contributed by atoms with Crippen LogP contribution in [0, 0.1) is 20.8 Å². The largest absolute Gasteiger partial charge is 0.481 e. The van der Waals surface area contributed by atoms with E-state index < -0.39 is 5.97 Å². The molecule has 2 aromatic rings. The molecule has 0 unspecified atom stereocenters. The van der Waals surface area contributed by atoms with E-state index in [1.54, 1.807) is 0 Å². The van der Waals surface area contributed by atoms with Gasteiger partial charge in [-0.2, -0.15) is 0 Å². The first kappa shape index (κ1) is 11.7. The minimum absolute atomic E-state index is 0.0907. The van der Waals surface area contributed by atoms with Crippen molar-refractivity contribution in [1.82, 2.24) is 4.57 Å². The van der Waals surface area contributed by atoms with Crippen LogP contribution >= 0.6 is 0 Å². The molecule has 0 spiro atoms. The maximum Gasteiger partial charge on any atom is 0.307 e. The monoisotopic (exact) mass is 231 g/mol. The Morgan fingerprint density at radius 2 is 1.82 bits per heavy atom. The molecule has 1 aromatic heterocycles. The average molecular weight is 231 g/mol. The number of hydrogen-bond donors (Lipinski definition) is 1. The normalized spacial score (nSPS) is 11.1. The Morgan fingerprint density at radius 1 is 1.24 bits per heavy atom. The first-order chi connectivity index (χ1) is 7.93. The van der Waals surface area contributed by atoms with Crippen LogP contribution in [0.1, 0.15) is 22.4 Å². The van der Waals surface area contributed by atoms with Crippen molar-refractivity contribution in [2.24, 2.45) is 7.05 Å². The highest BCUT2D eigenvalue weighted by molar-refractivity contribution is 5.93. The molecule has 1 aromatic carbocycles. The van der Waals surface area contributed by atoms with Gasteiger partial charge in [-0.3, -0.25) is 4.79 Å². The smallest absolute Gasteiger partial charge is 0.307 e. The van der Waals surface area contributed by atoms with Gasteiger partial charge in [0.2, 0.25) is 0 Å². The number of carboxylic acid groups (broad SMARTS) is 1. The number of aromatic nitrogens is 1. The fourth-order valence-electron chi connectivity index (χ4n) is 2.53. The summed E-state index contributed by atoms with van der Waals surface area (Å²) in [6.45, 7) is 6.08. The summed E-state index contributed by atoms with van der Waals surface area (Å²) < 4.78 is 2.09. The first-order valence-electron chi connectivity index (χ1n) is 5.69. The van der Waals surface area contributed by atoms with Crippen LogP contribution in [0.15, 0.2) is 12.1 Å². The molecule has 3 nitrogen and oxygen atoms in total. The quantitative estimate of drug-likeness (QED) is 0.863. The van der Waals surface area contributed by atoms with Crippen molar-refractivity contribution in [3.05, 3.63) is 34.5 Å². The number of rotatable bonds is 2. The van der Waals surface area contributed by atoms with Crippen LogP contribution in [0.4, 0.5) is 0 Å². The van der Waals surface area contributed by atoms with E-state index in [1.165, 1.54) is 5.56 Å². The topological polar surface area (TPSA) is 42.2 Å². The summed E-state index contributed by atoms with van der Waals surface area (Å²) in [6, 6.07) is 4.14. The number of carbonyl (C=O) groups is 1. The molecule has 90 valence electrons. The van der Waals surface area contributed by atoms with Gasteiger partial charge in [0.05, 0.1) is 11.9 Å². The number of fused-ring (bicyclic) bond motifs is 1. The Morgan fingerprint density at radius 3 is 2.41 bits per heavy atom. The predicted molar refractivity (Wildman–Crippen MR) is 68.5 cm³/mol. The van der Waals surface area contributed by atoms with Crippen LogP contribution in [0.3, 0.4) is 0 Å². The molecular weight excluding hydrogens is 214 g/mol. The highest BCUT2D eigenvalue weighted by Crippen LogP contribution is 2.30. The molecule has 0 atom stereocenters. The summed E-state index contributed by atoms with van der Waals surface area (Å²) in [5, 5.41) is 10.1. The number of nitrogens with zero attached hydrogens (tertiary/aromatic N) is 1. The fourth-order valence-corrected chi connectivity index (χ4v) is 2.53. The van der Waals surface area contributed by atoms with Crippen molar-refractivity contribution in [2.75, 3.05) is 0 Å². The molecule has 1 N–H and O–H groups in total. The molecular formula is C14H17NO2. The zero-order valence-corrected chi connectivity index (χ0v) is 10.7. The second-order valence-corrected chi connectivity index (χ2v) is 4.62. The number of benzene rings is 1. The highest BCUT2D eigenvalue weighted by Gasteiger charge is 2.17. The van der Waals surface area contributed by atoms with Crippen molar-refractivity contribution in [2.45, 2.75) is 27.2 Å². The zero-order chi connectivity index (χ0) is 12.7. The van der Waals surface area contributed by atoms with Gasteiger partial charge >= 0.3 is 5.97 Å². The van der Waals surface area contributed by atoms with Crippen LogP contribution in [0.2, 0.25) is 0 Å². The third-order valence-electron chi connectivity index (χ3n) is 3.49. The lowest BCUT2D eigenvalue weighted by atomic mass is 10.0.